The van der Waals surface area contributed by atoms with E-state index < -0.39 is 0 Å². The minimum absolute atomic E-state index is 0.00819. The Labute approximate surface area is 123 Å². The molecule has 1 heterocycles. The lowest BCUT2D eigenvalue weighted by atomic mass is 9.98. The highest BCUT2D eigenvalue weighted by molar-refractivity contribution is 6.17. The average Bonchev–Trinajstić information content (AvgIpc) is 2.93. The van der Waals surface area contributed by atoms with Crippen molar-refractivity contribution < 1.29 is 9.53 Å². The summed E-state index contributed by atoms with van der Waals surface area (Å²) in [6.07, 6.45) is 1.75. The van der Waals surface area contributed by atoms with Crippen LogP contribution in [0.2, 0.25) is 0 Å². The number of H-pyrrole nitrogens is 1. The van der Waals surface area contributed by atoms with E-state index in [4.69, 9.17) is 4.74 Å². The summed E-state index contributed by atoms with van der Waals surface area (Å²) >= 11 is 0. The number of nitrogens with one attached hydrogen (secondary N) is 1. The number of aromatic amines is 1. The molecule has 0 unspecified atom stereocenters. The molecule has 3 nitrogen and oxygen atoms in total. The zero-order valence-corrected chi connectivity index (χ0v) is 12.4. The maximum Gasteiger partial charge on any atom is 0.195 e. The van der Waals surface area contributed by atoms with Gasteiger partial charge >= 0.3 is 0 Å². The third kappa shape index (κ3) is 2.21. The molecule has 0 spiro atoms. The van der Waals surface area contributed by atoms with Crippen molar-refractivity contribution in [3.05, 3.63) is 64.8 Å². The van der Waals surface area contributed by atoms with Gasteiger partial charge in [0.1, 0.15) is 5.75 Å². The molecule has 3 heteroatoms. The van der Waals surface area contributed by atoms with E-state index in [-0.39, 0.29) is 5.78 Å². The topological polar surface area (TPSA) is 42.1 Å². The predicted octanol–water partition coefficient (Wildman–Crippen LogP) is 4.02. The summed E-state index contributed by atoms with van der Waals surface area (Å²) in [5.74, 6) is 0.717. The van der Waals surface area contributed by atoms with Crippen molar-refractivity contribution in [1.29, 1.82) is 0 Å². The van der Waals surface area contributed by atoms with Gasteiger partial charge in [-0.1, -0.05) is 18.2 Å². The fourth-order valence-corrected chi connectivity index (χ4v) is 2.54. The summed E-state index contributed by atoms with van der Waals surface area (Å²) in [7, 11) is 1.62. The smallest absolute Gasteiger partial charge is 0.195 e. The Kier molecular flexibility index (Phi) is 3.26. The average molecular weight is 279 g/mol. The number of benzene rings is 2. The van der Waals surface area contributed by atoms with Crippen molar-refractivity contribution in [3.8, 4) is 5.75 Å². The molecule has 0 amide bonds. The van der Waals surface area contributed by atoms with E-state index in [1.54, 1.807) is 13.3 Å². The van der Waals surface area contributed by atoms with Gasteiger partial charge in [-0.15, -0.1) is 0 Å². The fraction of sp³-hybridized carbons (Fsp3) is 0.167. The summed E-state index contributed by atoms with van der Waals surface area (Å²) in [6, 6.07) is 11.5. The number of aryl methyl sites for hydroxylation is 2. The highest BCUT2D eigenvalue weighted by Crippen LogP contribution is 2.30. The monoisotopic (exact) mass is 279 g/mol. The lowest BCUT2D eigenvalue weighted by Gasteiger charge is -2.06. The quantitative estimate of drug-likeness (QED) is 0.736. The first-order valence-corrected chi connectivity index (χ1v) is 6.88. The summed E-state index contributed by atoms with van der Waals surface area (Å²) in [5, 5.41) is 0.836. The van der Waals surface area contributed by atoms with Gasteiger partial charge in [-0.2, -0.15) is 0 Å². The molecule has 1 aromatic heterocycles. The molecular formula is C18H17NO2. The van der Waals surface area contributed by atoms with Gasteiger partial charge in [-0.3, -0.25) is 4.79 Å². The van der Waals surface area contributed by atoms with Gasteiger partial charge in [-0.25, -0.2) is 0 Å². The van der Waals surface area contributed by atoms with Crippen LogP contribution in [0.25, 0.3) is 10.9 Å². The van der Waals surface area contributed by atoms with Gasteiger partial charge in [-0.05, 0) is 43.2 Å². The summed E-state index contributed by atoms with van der Waals surface area (Å²) in [4.78, 5) is 15.9. The minimum Gasteiger partial charge on any atom is -0.496 e. The predicted molar refractivity (Wildman–Crippen MR) is 84.2 cm³/mol. The van der Waals surface area contributed by atoms with E-state index in [1.807, 2.05) is 50.2 Å². The highest BCUT2D eigenvalue weighted by atomic mass is 16.5. The van der Waals surface area contributed by atoms with Crippen molar-refractivity contribution in [1.82, 2.24) is 4.98 Å². The second kappa shape index (κ2) is 5.09. The number of carbonyl (C=O) groups is 1. The lowest BCUT2D eigenvalue weighted by Crippen LogP contribution is -2.02. The van der Waals surface area contributed by atoms with Crippen LogP contribution in [0.1, 0.15) is 27.0 Å². The molecule has 0 saturated carbocycles. The Morgan fingerprint density at radius 2 is 1.90 bits per heavy atom. The fourth-order valence-electron chi connectivity index (χ4n) is 2.54. The van der Waals surface area contributed by atoms with Gasteiger partial charge in [0.05, 0.1) is 18.1 Å². The summed E-state index contributed by atoms with van der Waals surface area (Å²) < 4.78 is 5.38. The number of methoxy groups -OCH3 is 1. The molecule has 0 atom stereocenters. The largest absolute Gasteiger partial charge is 0.496 e. The number of ketones is 1. The maximum atomic E-state index is 12.8. The van der Waals surface area contributed by atoms with E-state index in [1.165, 1.54) is 5.56 Å². The van der Waals surface area contributed by atoms with Gasteiger partial charge in [0.2, 0.25) is 0 Å². The molecule has 0 radical (unpaired) electrons. The van der Waals surface area contributed by atoms with Crippen LogP contribution in [0, 0.1) is 13.8 Å². The number of rotatable bonds is 3. The molecule has 3 rings (SSSR count). The van der Waals surface area contributed by atoms with E-state index in [0.717, 1.165) is 16.5 Å². The first-order chi connectivity index (χ1) is 10.1. The molecule has 0 saturated heterocycles. The van der Waals surface area contributed by atoms with Crippen molar-refractivity contribution in [2.24, 2.45) is 0 Å². The van der Waals surface area contributed by atoms with Crippen LogP contribution in [0.15, 0.2) is 42.6 Å². The van der Waals surface area contributed by atoms with Crippen LogP contribution >= 0.6 is 0 Å². The molecule has 0 aliphatic heterocycles. The van der Waals surface area contributed by atoms with Crippen LogP contribution in [-0.2, 0) is 0 Å². The molecule has 2 aromatic carbocycles. The van der Waals surface area contributed by atoms with Gasteiger partial charge < -0.3 is 9.72 Å². The third-order valence-electron chi connectivity index (χ3n) is 3.90. The number of fused-ring (bicyclic) bond motifs is 1. The third-order valence-corrected chi connectivity index (χ3v) is 3.90. The van der Waals surface area contributed by atoms with Crippen LogP contribution in [0.4, 0.5) is 0 Å². The lowest BCUT2D eigenvalue weighted by molar-refractivity contribution is 0.104. The molecule has 106 valence electrons. The Morgan fingerprint density at radius 1 is 1.10 bits per heavy atom. The first-order valence-electron chi connectivity index (χ1n) is 6.88. The SMILES string of the molecule is COc1cccc2[nH]cc(C(=O)c3ccc(C)c(C)c3)c12. The van der Waals surface area contributed by atoms with E-state index in [2.05, 4.69) is 4.98 Å². The molecule has 21 heavy (non-hydrogen) atoms. The summed E-state index contributed by atoms with van der Waals surface area (Å²) in [6.45, 7) is 4.06. The van der Waals surface area contributed by atoms with Gasteiger partial charge in [0.25, 0.3) is 0 Å². The van der Waals surface area contributed by atoms with Crippen LogP contribution in [-0.4, -0.2) is 17.9 Å². The van der Waals surface area contributed by atoms with Crippen molar-refractivity contribution in [2.45, 2.75) is 13.8 Å². The normalized spacial score (nSPS) is 10.8. The molecule has 0 aliphatic rings. The zero-order chi connectivity index (χ0) is 15.0. The number of aromatic nitrogens is 1. The van der Waals surface area contributed by atoms with E-state index in [9.17, 15) is 4.79 Å². The molecule has 3 aromatic rings. The summed E-state index contributed by atoms with van der Waals surface area (Å²) in [5.41, 5.74) is 4.55. The molecule has 0 bridgehead atoms. The van der Waals surface area contributed by atoms with Crippen molar-refractivity contribution in [3.63, 3.8) is 0 Å². The van der Waals surface area contributed by atoms with Gasteiger partial charge in [0.15, 0.2) is 5.78 Å². The number of hydrogen-bond acceptors (Lipinski definition) is 2. The zero-order valence-electron chi connectivity index (χ0n) is 12.4. The Hall–Kier alpha value is -2.55. The highest BCUT2D eigenvalue weighted by Gasteiger charge is 2.17. The number of carbonyl (C=O) groups excluding carboxylic acids is 1. The first kappa shape index (κ1) is 13.4. The second-order valence-corrected chi connectivity index (χ2v) is 5.21. The van der Waals surface area contributed by atoms with Crippen LogP contribution in [0.5, 0.6) is 5.75 Å². The number of hydrogen-bond donors (Lipinski definition) is 1. The minimum atomic E-state index is 0.00819. The Balaban J connectivity index is 2.15. The van der Waals surface area contributed by atoms with Crippen LogP contribution in [0.3, 0.4) is 0 Å². The van der Waals surface area contributed by atoms with Crippen molar-refractivity contribution >= 4 is 16.7 Å². The molecular weight excluding hydrogens is 262 g/mol. The maximum absolute atomic E-state index is 12.8. The molecule has 1 N–H and O–H groups in total. The van der Waals surface area contributed by atoms with Crippen LogP contribution < -0.4 is 4.74 Å². The Morgan fingerprint density at radius 3 is 2.62 bits per heavy atom. The standard InChI is InChI=1S/C18H17NO2/c1-11-7-8-13(9-12(11)2)18(20)14-10-19-15-5-4-6-16(21-3)17(14)15/h4-10,19H,1-3H3. The van der Waals surface area contributed by atoms with Crippen molar-refractivity contribution in [2.75, 3.05) is 7.11 Å². The molecule has 0 fully saturated rings. The van der Waals surface area contributed by atoms with Gasteiger partial charge in [0, 0.05) is 17.3 Å². The Bertz CT molecular complexity index is 830. The number of ether oxygens (including phenoxy) is 1. The van der Waals surface area contributed by atoms with E-state index >= 15 is 0 Å². The molecule has 0 aliphatic carbocycles. The van der Waals surface area contributed by atoms with E-state index in [0.29, 0.717) is 16.9 Å². The second-order valence-electron chi connectivity index (χ2n) is 5.21.